The van der Waals surface area contributed by atoms with Gasteiger partial charge in [-0.2, -0.15) is 4.98 Å². The highest BCUT2D eigenvalue weighted by Crippen LogP contribution is 2.39. The van der Waals surface area contributed by atoms with Gasteiger partial charge in [0.1, 0.15) is 29.3 Å². The second kappa shape index (κ2) is 20.5. The molecule has 0 spiro atoms. The number of rotatable bonds is 19. The Kier molecular flexibility index (Phi) is 14.4. The van der Waals surface area contributed by atoms with Crippen LogP contribution >= 0.6 is 0 Å². The van der Waals surface area contributed by atoms with Crippen molar-refractivity contribution < 1.29 is 28.1 Å². The van der Waals surface area contributed by atoms with Gasteiger partial charge in [-0.1, -0.05) is 44.2 Å². The van der Waals surface area contributed by atoms with Gasteiger partial charge in [0.25, 0.3) is 11.8 Å². The van der Waals surface area contributed by atoms with Crippen molar-refractivity contribution in [2.45, 2.75) is 151 Å². The van der Waals surface area contributed by atoms with Crippen molar-refractivity contribution in [3.8, 4) is 5.75 Å². The standard InChI is InChI=1S/C49H67N9O6S/c1-49(20-10-21-49)54-45-43-40(19-28-65(43)62)52-48(53-45)56-25-17-35(18-26-56)44-50-30-38(31-51-44)64-27-9-7-5-3-4-6-8-22-55-23-15-34(16-24-55)36-11-12-39-37(29-36)32-57(46(39)60)41-13-14-42(59)58(33-63-2)47(41)61/h11-12,29-31,34-35,41H,3-10,13-28,32-33H2,1-2H3,(H,52,53,54). The average Bonchev–Trinajstić information content (AvgIpc) is 3.86. The number of piperidine rings is 3. The summed E-state index contributed by atoms with van der Waals surface area (Å²) in [5.41, 5.74) is 3.92. The lowest BCUT2D eigenvalue weighted by atomic mass is 9.78. The Balaban J connectivity index is 0.616. The van der Waals surface area contributed by atoms with Gasteiger partial charge in [-0.05, 0) is 114 Å². The lowest BCUT2D eigenvalue weighted by molar-refractivity contribution is -0.157. The first kappa shape index (κ1) is 45.6. The maximum Gasteiger partial charge on any atom is 0.255 e. The predicted octanol–water partition coefficient (Wildman–Crippen LogP) is 6.74. The van der Waals surface area contributed by atoms with E-state index in [0.29, 0.717) is 36.8 Å². The zero-order valence-electron chi connectivity index (χ0n) is 38.4. The number of anilines is 2. The number of likely N-dealkylation sites (tertiary alicyclic amines) is 2. The van der Waals surface area contributed by atoms with Gasteiger partial charge in [0.15, 0.2) is 5.75 Å². The minimum Gasteiger partial charge on any atom is -0.490 e. The number of fused-ring (bicyclic) bond motifs is 2. The van der Waals surface area contributed by atoms with Crippen molar-refractivity contribution in [2.75, 3.05) is 69.1 Å². The molecule has 16 heteroatoms. The van der Waals surface area contributed by atoms with Gasteiger partial charge in [0.2, 0.25) is 11.9 Å². The normalized spacial score (nSPS) is 22.6. The summed E-state index contributed by atoms with van der Waals surface area (Å²) >= 11 is 0. The number of imide groups is 1. The summed E-state index contributed by atoms with van der Waals surface area (Å²) in [6.07, 6.45) is 21.0. The van der Waals surface area contributed by atoms with Crippen LogP contribution in [0.3, 0.4) is 0 Å². The van der Waals surface area contributed by atoms with E-state index < -0.39 is 16.8 Å². The molecule has 1 aliphatic carbocycles. The molecule has 7 heterocycles. The highest BCUT2D eigenvalue weighted by molar-refractivity contribution is 7.85. The van der Waals surface area contributed by atoms with Crippen molar-refractivity contribution in [1.82, 2.24) is 34.6 Å². The zero-order valence-corrected chi connectivity index (χ0v) is 39.3. The number of nitrogens with zero attached hydrogens (tertiary/aromatic N) is 8. The molecular weight excluding hydrogens is 843 g/mol. The fraction of sp³-hybridized carbons (Fsp3) is 0.653. The molecule has 6 aliphatic rings. The number of ether oxygens (including phenoxy) is 2. The molecule has 2 unspecified atom stereocenters. The molecule has 350 valence electrons. The van der Waals surface area contributed by atoms with Gasteiger partial charge in [0, 0.05) is 62.4 Å². The number of nitrogens with one attached hydrogen (secondary N) is 1. The van der Waals surface area contributed by atoms with Gasteiger partial charge in [-0.25, -0.2) is 15.0 Å². The summed E-state index contributed by atoms with van der Waals surface area (Å²) < 4.78 is 23.9. The van der Waals surface area contributed by atoms with Crippen molar-refractivity contribution in [3.05, 3.63) is 58.8 Å². The summed E-state index contributed by atoms with van der Waals surface area (Å²) in [6, 6.07) is 5.61. The van der Waals surface area contributed by atoms with E-state index in [9.17, 15) is 18.6 Å². The minimum absolute atomic E-state index is 0.0304. The largest absolute Gasteiger partial charge is 0.490 e. The van der Waals surface area contributed by atoms with Crippen LogP contribution in [0.25, 0.3) is 0 Å². The van der Waals surface area contributed by atoms with E-state index >= 15 is 0 Å². The van der Waals surface area contributed by atoms with Gasteiger partial charge in [-0.3, -0.25) is 23.5 Å². The zero-order chi connectivity index (χ0) is 44.9. The Labute approximate surface area is 386 Å². The van der Waals surface area contributed by atoms with Gasteiger partial charge in [0.05, 0.1) is 35.5 Å². The molecule has 65 heavy (non-hydrogen) atoms. The molecule has 3 amide bonds. The van der Waals surface area contributed by atoms with Crippen LogP contribution in [0.1, 0.15) is 154 Å². The first-order valence-corrected chi connectivity index (χ1v) is 25.7. The number of aromatic nitrogens is 4. The number of hydrogen-bond acceptors (Lipinski definition) is 13. The van der Waals surface area contributed by atoms with Crippen molar-refractivity contribution in [1.29, 1.82) is 0 Å². The number of carbonyl (C=O) groups is 3. The number of benzene rings is 1. The smallest absolute Gasteiger partial charge is 0.255 e. The van der Waals surface area contributed by atoms with E-state index in [1.807, 2.05) is 18.5 Å². The van der Waals surface area contributed by atoms with Crippen LogP contribution in [-0.4, -0.2) is 127 Å². The molecular formula is C49H67N9O6S. The highest BCUT2D eigenvalue weighted by Gasteiger charge is 2.43. The van der Waals surface area contributed by atoms with Gasteiger partial charge >= 0.3 is 0 Å². The molecule has 0 bridgehead atoms. The van der Waals surface area contributed by atoms with Crippen LogP contribution in [-0.2, 0) is 38.1 Å². The Morgan fingerprint density at radius 1 is 0.862 bits per heavy atom. The van der Waals surface area contributed by atoms with E-state index in [2.05, 4.69) is 34.2 Å². The van der Waals surface area contributed by atoms with Crippen molar-refractivity contribution in [2.24, 2.45) is 0 Å². The van der Waals surface area contributed by atoms with Crippen LogP contribution in [0.4, 0.5) is 11.8 Å². The summed E-state index contributed by atoms with van der Waals surface area (Å²) in [4.78, 5) is 66.4. The Morgan fingerprint density at radius 2 is 1.58 bits per heavy atom. The monoisotopic (exact) mass is 909 g/mol. The maximum absolute atomic E-state index is 13.3. The summed E-state index contributed by atoms with van der Waals surface area (Å²) in [7, 11) is 0.426. The average molecular weight is 910 g/mol. The molecule has 1 saturated carbocycles. The second-order valence-corrected chi connectivity index (χ2v) is 21.0. The van der Waals surface area contributed by atoms with Gasteiger partial charge in [-0.15, -0.1) is 0 Å². The topological polar surface area (TPSA) is 163 Å². The highest BCUT2D eigenvalue weighted by atomic mass is 32.2. The molecule has 1 aromatic carbocycles. The van der Waals surface area contributed by atoms with Crippen molar-refractivity contribution >= 4 is 40.3 Å². The molecule has 5 aliphatic heterocycles. The molecule has 3 saturated heterocycles. The quantitative estimate of drug-likeness (QED) is 0.0996. The van der Waals surface area contributed by atoms with E-state index in [4.69, 9.17) is 29.4 Å². The van der Waals surface area contributed by atoms with E-state index in [1.165, 1.54) is 51.2 Å². The molecule has 2 atom stereocenters. The number of carbonyl (C=O) groups excluding carboxylic acids is 3. The number of hydrogen-bond donors (Lipinski definition) is 1. The predicted molar refractivity (Wildman–Crippen MR) is 248 cm³/mol. The van der Waals surface area contributed by atoms with E-state index in [-0.39, 0.29) is 42.3 Å². The summed E-state index contributed by atoms with van der Waals surface area (Å²) in [5, 5.41) is 3.65. The number of methoxy groups -OCH3 is 1. The Bertz CT molecular complexity index is 2210. The number of unbranched alkanes of at least 4 members (excludes halogenated alkanes) is 6. The first-order chi connectivity index (χ1) is 31.7. The third-order valence-corrected chi connectivity index (χ3v) is 16.3. The van der Waals surface area contributed by atoms with E-state index in [0.717, 1.165) is 135 Å². The van der Waals surface area contributed by atoms with Crippen LogP contribution in [0.15, 0.2) is 35.5 Å². The van der Waals surface area contributed by atoms with Crippen LogP contribution < -0.4 is 15.0 Å². The lowest BCUT2D eigenvalue weighted by Crippen LogP contribution is -2.55. The fourth-order valence-corrected chi connectivity index (χ4v) is 12.0. The van der Waals surface area contributed by atoms with E-state index in [1.54, 1.807) is 4.90 Å². The second-order valence-electron chi connectivity index (χ2n) is 19.4. The summed E-state index contributed by atoms with van der Waals surface area (Å²) in [5.74, 6) is 3.82. The molecule has 0 radical (unpaired) electrons. The molecule has 9 rings (SSSR count). The molecule has 3 aromatic rings. The van der Waals surface area contributed by atoms with Crippen LogP contribution in [0.2, 0.25) is 0 Å². The number of aryl methyl sites for hydroxylation is 1. The number of amides is 3. The van der Waals surface area contributed by atoms with Crippen LogP contribution in [0, 0.1) is 0 Å². The minimum atomic E-state index is -1.03. The molecule has 4 fully saturated rings. The Hall–Kier alpha value is -4.54. The van der Waals surface area contributed by atoms with Crippen molar-refractivity contribution in [3.63, 3.8) is 0 Å². The Morgan fingerprint density at radius 3 is 2.31 bits per heavy atom. The summed E-state index contributed by atoms with van der Waals surface area (Å²) in [6.45, 7) is 8.26. The lowest BCUT2D eigenvalue weighted by Gasteiger charge is -2.40. The first-order valence-electron chi connectivity index (χ1n) is 24.4. The fourth-order valence-electron chi connectivity index (χ4n) is 10.7. The molecule has 2 aromatic heterocycles. The van der Waals surface area contributed by atoms with Crippen LogP contribution in [0.5, 0.6) is 5.75 Å². The third kappa shape index (κ3) is 10.4. The third-order valence-electron chi connectivity index (χ3n) is 14.9. The SMILES string of the molecule is COCN1C(=O)CCC(N2Cc3cc(C4CCN(CCCCCCCCCOc5cnc(C6CCN(c7nc8c(c(NC9(C)CCC9)n7)S(=O)CC8)CC6)nc5)CC4)ccc3C2=O)C1=O. The maximum atomic E-state index is 13.3. The molecule has 1 N–H and O–H groups in total. The van der Waals surface area contributed by atoms with Gasteiger partial charge < -0.3 is 29.5 Å². The molecule has 15 nitrogen and oxygen atoms in total.